The van der Waals surface area contributed by atoms with E-state index in [2.05, 4.69) is 6.07 Å². The number of likely N-dealkylation sites (tertiary alicyclic amines) is 1. The van der Waals surface area contributed by atoms with Crippen LogP contribution in [-0.4, -0.2) is 47.4 Å². The second-order valence-electron chi connectivity index (χ2n) is 8.53. The van der Waals surface area contributed by atoms with Crippen LogP contribution in [0.25, 0.3) is 0 Å². The van der Waals surface area contributed by atoms with Crippen molar-refractivity contribution >= 4 is 11.8 Å². The summed E-state index contributed by atoms with van der Waals surface area (Å²) < 4.78 is 37.7. The highest BCUT2D eigenvalue weighted by Crippen LogP contribution is 2.42. The molecular weight excluding hydrogens is 369 g/mol. The fraction of sp³-hybridized carbons (Fsp3) is 0.619. The summed E-state index contributed by atoms with van der Waals surface area (Å²) in [4.78, 5) is 28.7. The summed E-state index contributed by atoms with van der Waals surface area (Å²) in [6.07, 6.45) is -2.18. The summed E-state index contributed by atoms with van der Waals surface area (Å²) in [5, 5.41) is 0. The molecule has 0 bridgehead atoms. The first kappa shape index (κ1) is 19.3. The molecule has 3 aliphatic rings. The predicted molar refractivity (Wildman–Crippen MR) is 97.2 cm³/mol. The van der Waals surface area contributed by atoms with E-state index in [0.717, 1.165) is 30.5 Å². The fourth-order valence-corrected chi connectivity index (χ4v) is 4.55. The molecule has 7 heteroatoms. The van der Waals surface area contributed by atoms with Crippen molar-refractivity contribution in [2.24, 2.45) is 11.3 Å². The number of halogens is 3. The van der Waals surface area contributed by atoms with Gasteiger partial charge in [-0.05, 0) is 49.1 Å². The molecule has 0 aromatic heterocycles. The zero-order chi connectivity index (χ0) is 19.9. The maximum atomic E-state index is 13.5. The van der Waals surface area contributed by atoms with Gasteiger partial charge in [0.05, 0.1) is 5.41 Å². The number of amides is 2. The summed E-state index contributed by atoms with van der Waals surface area (Å²) in [5.74, 6) is -0.211. The van der Waals surface area contributed by atoms with E-state index >= 15 is 0 Å². The van der Waals surface area contributed by atoms with Gasteiger partial charge < -0.3 is 9.80 Å². The van der Waals surface area contributed by atoms with E-state index in [1.165, 1.54) is 4.90 Å². The molecule has 0 radical (unpaired) electrons. The van der Waals surface area contributed by atoms with E-state index < -0.39 is 23.9 Å². The molecule has 1 aliphatic carbocycles. The van der Waals surface area contributed by atoms with E-state index in [1.807, 2.05) is 23.1 Å². The van der Waals surface area contributed by atoms with E-state index in [4.69, 9.17) is 0 Å². The fourth-order valence-electron chi connectivity index (χ4n) is 4.55. The van der Waals surface area contributed by atoms with Crippen LogP contribution < -0.4 is 0 Å². The Bertz CT molecular complexity index is 765. The number of nitrogens with zero attached hydrogens (tertiary/aromatic N) is 2. The summed E-state index contributed by atoms with van der Waals surface area (Å²) in [5.41, 5.74) is 1.68. The molecule has 4 rings (SSSR count). The Hall–Kier alpha value is -2.05. The lowest BCUT2D eigenvalue weighted by Gasteiger charge is -2.42. The minimum absolute atomic E-state index is 0.110. The highest BCUT2D eigenvalue weighted by Gasteiger charge is 2.47. The standard InChI is InChI=1S/C21H25F3N2O2/c22-21(23,24)12-18(27)25-9-7-20(8-10-25)11-16-3-1-2-4-17(16)14-26(19(20)28)13-15-5-6-15/h1-4,15H,5-14H2. The Balaban J connectivity index is 1.54. The van der Waals surface area contributed by atoms with Crippen LogP contribution in [0.5, 0.6) is 0 Å². The van der Waals surface area contributed by atoms with Crippen molar-refractivity contribution in [2.75, 3.05) is 19.6 Å². The molecule has 1 saturated heterocycles. The number of benzene rings is 1. The van der Waals surface area contributed by atoms with Gasteiger partial charge in [0, 0.05) is 26.2 Å². The van der Waals surface area contributed by atoms with Crippen LogP contribution in [0.15, 0.2) is 24.3 Å². The van der Waals surface area contributed by atoms with Gasteiger partial charge in [-0.2, -0.15) is 13.2 Å². The van der Waals surface area contributed by atoms with E-state index in [0.29, 0.717) is 31.7 Å². The van der Waals surface area contributed by atoms with E-state index in [1.54, 1.807) is 0 Å². The molecule has 0 N–H and O–H groups in total. The number of rotatable bonds is 3. The lowest BCUT2D eigenvalue weighted by molar-refractivity contribution is -0.165. The van der Waals surface area contributed by atoms with Crippen molar-refractivity contribution in [2.45, 2.75) is 51.2 Å². The van der Waals surface area contributed by atoms with Crippen LogP contribution in [0.2, 0.25) is 0 Å². The largest absolute Gasteiger partial charge is 0.397 e. The van der Waals surface area contributed by atoms with Crippen LogP contribution in [-0.2, 0) is 22.6 Å². The average molecular weight is 394 g/mol. The average Bonchev–Trinajstić information content (AvgIpc) is 3.45. The quantitative estimate of drug-likeness (QED) is 0.787. The zero-order valence-electron chi connectivity index (χ0n) is 15.8. The normalized spacial score (nSPS) is 22.2. The highest BCUT2D eigenvalue weighted by atomic mass is 19.4. The molecule has 1 aromatic rings. The first-order chi connectivity index (χ1) is 13.3. The summed E-state index contributed by atoms with van der Waals surface area (Å²) >= 11 is 0. The number of carbonyl (C=O) groups excluding carboxylic acids is 2. The Kier molecular flexibility index (Phi) is 4.88. The molecule has 4 nitrogen and oxygen atoms in total. The second kappa shape index (κ2) is 7.08. The Labute approximate surface area is 162 Å². The zero-order valence-corrected chi connectivity index (χ0v) is 15.8. The summed E-state index contributed by atoms with van der Waals surface area (Å²) in [6, 6.07) is 8.06. The maximum absolute atomic E-state index is 13.5. The molecule has 0 unspecified atom stereocenters. The van der Waals surface area contributed by atoms with Crippen LogP contribution in [0.1, 0.15) is 43.2 Å². The predicted octanol–water partition coefficient (Wildman–Crippen LogP) is 3.54. The second-order valence-corrected chi connectivity index (χ2v) is 8.53. The van der Waals surface area contributed by atoms with Gasteiger partial charge in [0.2, 0.25) is 11.8 Å². The SMILES string of the molecule is O=C(CC(F)(F)F)N1CCC2(CC1)Cc1ccccc1CN(CC1CC1)C2=O. The smallest absolute Gasteiger partial charge is 0.342 e. The molecule has 2 amide bonds. The third-order valence-corrected chi connectivity index (χ3v) is 6.35. The highest BCUT2D eigenvalue weighted by molar-refractivity contribution is 5.85. The molecule has 2 heterocycles. The van der Waals surface area contributed by atoms with Crippen LogP contribution in [0.4, 0.5) is 13.2 Å². The van der Waals surface area contributed by atoms with E-state index in [9.17, 15) is 22.8 Å². The van der Waals surface area contributed by atoms with Gasteiger partial charge >= 0.3 is 6.18 Å². The molecule has 2 fully saturated rings. The summed E-state index contributed by atoms with van der Waals surface area (Å²) in [7, 11) is 0. The maximum Gasteiger partial charge on any atom is 0.397 e. The van der Waals surface area contributed by atoms with E-state index in [-0.39, 0.29) is 19.0 Å². The molecule has 28 heavy (non-hydrogen) atoms. The van der Waals surface area contributed by atoms with Crippen LogP contribution in [0.3, 0.4) is 0 Å². The first-order valence-corrected chi connectivity index (χ1v) is 9.96. The van der Waals surface area contributed by atoms with Gasteiger partial charge in [0.1, 0.15) is 6.42 Å². The van der Waals surface area contributed by atoms with Gasteiger partial charge in [0.25, 0.3) is 0 Å². The number of fused-ring (bicyclic) bond motifs is 1. The van der Waals surface area contributed by atoms with Crippen molar-refractivity contribution in [3.8, 4) is 0 Å². The Morgan fingerprint density at radius 1 is 1.11 bits per heavy atom. The van der Waals surface area contributed by atoms with Crippen LogP contribution in [0, 0.1) is 11.3 Å². The van der Waals surface area contributed by atoms with Gasteiger partial charge in [-0.3, -0.25) is 9.59 Å². The minimum atomic E-state index is -4.50. The minimum Gasteiger partial charge on any atom is -0.342 e. The number of hydrogen-bond acceptors (Lipinski definition) is 2. The van der Waals surface area contributed by atoms with Gasteiger partial charge in [-0.15, -0.1) is 0 Å². The lowest BCUT2D eigenvalue weighted by Crippen LogP contribution is -2.52. The molecule has 1 spiro atoms. The van der Waals surface area contributed by atoms with Crippen molar-refractivity contribution in [3.05, 3.63) is 35.4 Å². The number of hydrogen-bond donors (Lipinski definition) is 0. The van der Waals surface area contributed by atoms with Crippen molar-refractivity contribution in [1.82, 2.24) is 9.80 Å². The van der Waals surface area contributed by atoms with Crippen molar-refractivity contribution in [1.29, 1.82) is 0 Å². The number of alkyl halides is 3. The molecular formula is C21H25F3N2O2. The molecule has 1 saturated carbocycles. The third-order valence-electron chi connectivity index (χ3n) is 6.35. The Morgan fingerprint density at radius 2 is 1.75 bits per heavy atom. The number of piperidine rings is 1. The number of carbonyl (C=O) groups is 2. The van der Waals surface area contributed by atoms with Crippen LogP contribution >= 0.6 is 0 Å². The molecule has 1 aromatic carbocycles. The monoisotopic (exact) mass is 394 g/mol. The molecule has 2 aliphatic heterocycles. The Morgan fingerprint density at radius 3 is 2.36 bits per heavy atom. The third kappa shape index (κ3) is 4.03. The van der Waals surface area contributed by atoms with Crippen molar-refractivity contribution in [3.63, 3.8) is 0 Å². The van der Waals surface area contributed by atoms with Crippen molar-refractivity contribution < 1.29 is 22.8 Å². The van der Waals surface area contributed by atoms with Gasteiger partial charge in [-0.25, -0.2) is 0 Å². The topological polar surface area (TPSA) is 40.6 Å². The first-order valence-electron chi connectivity index (χ1n) is 9.96. The molecule has 0 atom stereocenters. The van der Waals surface area contributed by atoms with Gasteiger partial charge in [0.15, 0.2) is 0 Å². The molecule has 152 valence electrons. The van der Waals surface area contributed by atoms with Gasteiger partial charge in [-0.1, -0.05) is 24.3 Å². The summed E-state index contributed by atoms with van der Waals surface area (Å²) in [6.45, 7) is 1.77. The lowest BCUT2D eigenvalue weighted by atomic mass is 9.72.